The smallest absolute Gasteiger partial charge is 0.226 e. The second-order valence-corrected chi connectivity index (χ2v) is 6.13. The van der Waals surface area contributed by atoms with Crippen LogP contribution in [0, 0.1) is 5.92 Å². The molecule has 1 N–H and O–H groups in total. The molecule has 0 spiro atoms. The number of halogens is 1. The Morgan fingerprint density at radius 2 is 2.05 bits per heavy atom. The maximum atomic E-state index is 12.8. The fourth-order valence-electron chi connectivity index (χ4n) is 3.05. The number of piperidine rings is 1. The predicted octanol–water partition coefficient (Wildman–Crippen LogP) is 2.38. The van der Waals surface area contributed by atoms with E-state index in [1.807, 2.05) is 12.1 Å². The average molecular weight is 310 g/mol. The first-order chi connectivity index (χ1) is 9.74. The monoisotopic (exact) mass is 309 g/mol. The minimum absolute atomic E-state index is 0. The standard InChI is InChI=1S/C16H23N3O.ClH/c1-12-10-14(6-9-18-12)16(20)19(15-2-3-15)11-13-4-7-17-8-5-13;/h4-5,7-8,12,14-15,18H,2-3,6,9-11H2,1H3;1H/t12-,14-;/m0./s1. The van der Waals surface area contributed by atoms with E-state index in [0.29, 0.717) is 18.0 Å². The van der Waals surface area contributed by atoms with Crippen LogP contribution in [0.1, 0.15) is 38.2 Å². The van der Waals surface area contributed by atoms with Crippen molar-refractivity contribution in [2.45, 2.75) is 51.2 Å². The molecule has 1 aromatic heterocycles. The third kappa shape index (κ3) is 4.17. The molecule has 0 unspecified atom stereocenters. The molecule has 21 heavy (non-hydrogen) atoms. The van der Waals surface area contributed by atoms with Gasteiger partial charge in [-0.2, -0.15) is 0 Å². The molecule has 0 bridgehead atoms. The van der Waals surface area contributed by atoms with E-state index in [1.165, 1.54) is 5.56 Å². The second-order valence-electron chi connectivity index (χ2n) is 6.13. The molecular formula is C16H24ClN3O. The van der Waals surface area contributed by atoms with Crippen LogP contribution in [0.3, 0.4) is 0 Å². The quantitative estimate of drug-likeness (QED) is 0.929. The molecule has 116 valence electrons. The summed E-state index contributed by atoms with van der Waals surface area (Å²) in [6, 6.07) is 4.95. The Morgan fingerprint density at radius 3 is 2.67 bits per heavy atom. The average Bonchev–Trinajstić information content (AvgIpc) is 3.30. The first-order valence-corrected chi connectivity index (χ1v) is 7.67. The molecular weight excluding hydrogens is 286 g/mol. The van der Waals surface area contributed by atoms with Crippen molar-refractivity contribution in [3.05, 3.63) is 30.1 Å². The Morgan fingerprint density at radius 1 is 1.33 bits per heavy atom. The lowest BCUT2D eigenvalue weighted by atomic mass is 9.91. The minimum Gasteiger partial charge on any atom is -0.335 e. The molecule has 1 amide bonds. The van der Waals surface area contributed by atoms with Crippen molar-refractivity contribution in [3.63, 3.8) is 0 Å². The number of hydrogen-bond donors (Lipinski definition) is 1. The molecule has 0 aromatic carbocycles. The minimum atomic E-state index is 0. The Kier molecular flexibility index (Phi) is 5.59. The number of hydrogen-bond acceptors (Lipinski definition) is 3. The van der Waals surface area contributed by atoms with Crippen LogP contribution in [0.4, 0.5) is 0 Å². The van der Waals surface area contributed by atoms with Gasteiger partial charge in [-0.1, -0.05) is 0 Å². The van der Waals surface area contributed by atoms with Gasteiger partial charge < -0.3 is 10.2 Å². The summed E-state index contributed by atoms with van der Waals surface area (Å²) in [5.74, 6) is 0.561. The zero-order valence-electron chi connectivity index (χ0n) is 12.5. The summed E-state index contributed by atoms with van der Waals surface area (Å²) < 4.78 is 0. The summed E-state index contributed by atoms with van der Waals surface area (Å²) in [5.41, 5.74) is 1.18. The van der Waals surface area contributed by atoms with Crippen molar-refractivity contribution >= 4 is 18.3 Å². The zero-order chi connectivity index (χ0) is 13.9. The molecule has 1 aliphatic carbocycles. The SMILES string of the molecule is C[C@H]1C[C@@H](C(=O)N(Cc2ccncc2)C2CC2)CCN1.Cl. The number of nitrogens with zero attached hydrogens (tertiary/aromatic N) is 2. The van der Waals surface area contributed by atoms with Crippen LogP contribution >= 0.6 is 12.4 Å². The summed E-state index contributed by atoms with van der Waals surface area (Å²) in [5, 5.41) is 3.42. The zero-order valence-corrected chi connectivity index (χ0v) is 13.3. The van der Waals surface area contributed by atoms with Crippen molar-refractivity contribution < 1.29 is 4.79 Å². The first-order valence-electron chi connectivity index (χ1n) is 7.67. The summed E-state index contributed by atoms with van der Waals surface area (Å²) in [6.45, 7) is 3.87. The van der Waals surface area contributed by atoms with Gasteiger partial charge in [0, 0.05) is 36.9 Å². The first kappa shape index (κ1) is 16.2. The van der Waals surface area contributed by atoms with Gasteiger partial charge in [0.1, 0.15) is 0 Å². The third-order valence-corrected chi connectivity index (χ3v) is 4.35. The molecule has 2 heterocycles. The van der Waals surface area contributed by atoms with Crippen molar-refractivity contribution in [3.8, 4) is 0 Å². The maximum absolute atomic E-state index is 12.8. The van der Waals surface area contributed by atoms with Gasteiger partial charge in [-0.15, -0.1) is 12.4 Å². The highest BCUT2D eigenvalue weighted by atomic mass is 35.5. The molecule has 2 aliphatic rings. The number of rotatable bonds is 4. The van der Waals surface area contributed by atoms with Gasteiger partial charge in [0.2, 0.25) is 5.91 Å². The highest BCUT2D eigenvalue weighted by Crippen LogP contribution is 2.31. The Balaban J connectivity index is 0.00000161. The van der Waals surface area contributed by atoms with Crippen molar-refractivity contribution in [1.29, 1.82) is 0 Å². The van der Waals surface area contributed by atoms with E-state index in [-0.39, 0.29) is 18.3 Å². The van der Waals surface area contributed by atoms with Crippen LogP contribution in [-0.2, 0) is 11.3 Å². The number of carbonyl (C=O) groups excluding carboxylic acids is 1. The van der Waals surface area contributed by atoms with Crippen LogP contribution in [-0.4, -0.2) is 34.4 Å². The topological polar surface area (TPSA) is 45.2 Å². The maximum Gasteiger partial charge on any atom is 0.226 e. The van der Waals surface area contributed by atoms with Crippen LogP contribution < -0.4 is 5.32 Å². The summed E-state index contributed by atoms with van der Waals surface area (Å²) in [6.07, 6.45) is 7.88. The lowest BCUT2D eigenvalue weighted by molar-refractivity contribution is -0.138. The highest BCUT2D eigenvalue weighted by Gasteiger charge is 2.36. The Bertz CT molecular complexity index is 464. The highest BCUT2D eigenvalue weighted by molar-refractivity contribution is 5.85. The molecule has 0 radical (unpaired) electrons. The van der Waals surface area contributed by atoms with E-state index in [1.54, 1.807) is 12.4 Å². The Labute approximate surface area is 132 Å². The van der Waals surface area contributed by atoms with E-state index in [4.69, 9.17) is 0 Å². The number of nitrogens with one attached hydrogen (secondary N) is 1. The van der Waals surface area contributed by atoms with Crippen molar-refractivity contribution in [2.24, 2.45) is 5.92 Å². The number of aromatic nitrogens is 1. The third-order valence-electron chi connectivity index (χ3n) is 4.35. The van der Waals surface area contributed by atoms with Gasteiger partial charge in [0.05, 0.1) is 0 Å². The van der Waals surface area contributed by atoms with Crippen LogP contribution in [0.15, 0.2) is 24.5 Å². The van der Waals surface area contributed by atoms with E-state index in [0.717, 1.165) is 38.8 Å². The summed E-state index contributed by atoms with van der Waals surface area (Å²) in [7, 11) is 0. The molecule has 2 atom stereocenters. The number of carbonyl (C=O) groups is 1. The van der Waals surface area contributed by atoms with Crippen molar-refractivity contribution in [2.75, 3.05) is 6.54 Å². The van der Waals surface area contributed by atoms with Gasteiger partial charge in [0.25, 0.3) is 0 Å². The largest absolute Gasteiger partial charge is 0.335 e. The van der Waals surface area contributed by atoms with E-state index in [9.17, 15) is 4.79 Å². The van der Waals surface area contributed by atoms with Crippen molar-refractivity contribution in [1.82, 2.24) is 15.2 Å². The van der Waals surface area contributed by atoms with Gasteiger partial charge in [-0.05, 0) is 56.8 Å². The molecule has 1 aromatic rings. The molecule has 5 heteroatoms. The van der Waals surface area contributed by atoms with E-state index >= 15 is 0 Å². The number of amides is 1. The molecule has 1 saturated carbocycles. The number of pyridine rings is 1. The van der Waals surface area contributed by atoms with E-state index < -0.39 is 0 Å². The predicted molar refractivity (Wildman–Crippen MR) is 85.2 cm³/mol. The van der Waals surface area contributed by atoms with Gasteiger partial charge >= 0.3 is 0 Å². The summed E-state index contributed by atoms with van der Waals surface area (Å²) in [4.78, 5) is 19.0. The van der Waals surface area contributed by atoms with Crippen LogP contribution in [0.5, 0.6) is 0 Å². The van der Waals surface area contributed by atoms with Gasteiger partial charge in [-0.3, -0.25) is 9.78 Å². The fraction of sp³-hybridized carbons (Fsp3) is 0.625. The van der Waals surface area contributed by atoms with Crippen LogP contribution in [0.2, 0.25) is 0 Å². The normalized spacial score (nSPS) is 25.0. The van der Waals surface area contributed by atoms with Crippen LogP contribution in [0.25, 0.3) is 0 Å². The lowest BCUT2D eigenvalue weighted by Gasteiger charge is -2.32. The molecule has 2 fully saturated rings. The fourth-order valence-corrected chi connectivity index (χ4v) is 3.05. The Hall–Kier alpha value is -1.13. The van der Waals surface area contributed by atoms with E-state index in [2.05, 4.69) is 22.1 Å². The van der Waals surface area contributed by atoms with Gasteiger partial charge in [-0.25, -0.2) is 0 Å². The molecule has 3 rings (SSSR count). The molecule has 1 aliphatic heterocycles. The molecule has 4 nitrogen and oxygen atoms in total. The molecule has 1 saturated heterocycles. The summed E-state index contributed by atoms with van der Waals surface area (Å²) >= 11 is 0. The lowest BCUT2D eigenvalue weighted by Crippen LogP contribution is -2.44. The van der Waals surface area contributed by atoms with Gasteiger partial charge in [0.15, 0.2) is 0 Å². The second kappa shape index (κ2) is 7.23.